The van der Waals surface area contributed by atoms with Crippen molar-refractivity contribution >= 4 is 5.91 Å². The molecule has 0 aromatic heterocycles. The number of rotatable bonds is 6. The number of methoxy groups -OCH3 is 3. The number of hydrogen-bond donors (Lipinski definition) is 1. The Morgan fingerprint density at radius 2 is 1.77 bits per heavy atom. The molecule has 0 radical (unpaired) electrons. The molecule has 1 heterocycles. The van der Waals surface area contributed by atoms with Crippen LogP contribution in [-0.4, -0.2) is 44.7 Å². The standard InChI is InChI=1S/C16H24N2O4/c1-5-6-18-14(19)9-11(17)15(18)10-7-12(20-2)16(22-4)13(8-10)21-3/h7-8,11,15H,5-6,9,17H2,1-4H3. The number of benzene rings is 1. The highest BCUT2D eigenvalue weighted by atomic mass is 16.5. The molecule has 1 aliphatic rings. The number of carbonyl (C=O) groups is 1. The lowest BCUT2D eigenvalue weighted by Gasteiger charge is -2.28. The fourth-order valence-corrected chi connectivity index (χ4v) is 3.02. The lowest BCUT2D eigenvalue weighted by Crippen LogP contribution is -2.33. The van der Waals surface area contributed by atoms with E-state index in [1.165, 1.54) is 0 Å². The van der Waals surface area contributed by atoms with Crippen LogP contribution >= 0.6 is 0 Å². The molecule has 6 heteroatoms. The molecule has 0 spiro atoms. The van der Waals surface area contributed by atoms with Crippen LogP contribution in [0.4, 0.5) is 0 Å². The summed E-state index contributed by atoms with van der Waals surface area (Å²) < 4.78 is 16.1. The predicted molar refractivity (Wildman–Crippen MR) is 83.4 cm³/mol. The van der Waals surface area contributed by atoms with Crippen LogP contribution < -0.4 is 19.9 Å². The van der Waals surface area contributed by atoms with Gasteiger partial charge in [-0.2, -0.15) is 0 Å². The first-order valence-corrected chi connectivity index (χ1v) is 7.42. The summed E-state index contributed by atoms with van der Waals surface area (Å²) in [7, 11) is 4.71. The van der Waals surface area contributed by atoms with Crippen LogP contribution in [0.2, 0.25) is 0 Å². The molecule has 1 saturated heterocycles. The van der Waals surface area contributed by atoms with Crippen molar-refractivity contribution in [1.29, 1.82) is 0 Å². The minimum absolute atomic E-state index is 0.0908. The topological polar surface area (TPSA) is 74.0 Å². The smallest absolute Gasteiger partial charge is 0.224 e. The third-order valence-electron chi connectivity index (χ3n) is 3.97. The summed E-state index contributed by atoms with van der Waals surface area (Å²) in [4.78, 5) is 14.0. The third-order valence-corrected chi connectivity index (χ3v) is 3.97. The van der Waals surface area contributed by atoms with E-state index in [0.29, 0.717) is 30.2 Å². The van der Waals surface area contributed by atoms with Crippen molar-refractivity contribution in [3.05, 3.63) is 17.7 Å². The first kappa shape index (κ1) is 16.4. The van der Waals surface area contributed by atoms with E-state index in [0.717, 1.165) is 12.0 Å². The van der Waals surface area contributed by atoms with Crippen molar-refractivity contribution in [2.45, 2.75) is 31.8 Å². The lowest BCUT2D eigenvalue weighted by atomic mass is 9.99. The molecule has 1 aliphatic heterocycles. The molecule has 2 unspecified atom stereocenters. The molecule has 2 N–H and O–H groups in total. The van der Waals surface area contributed by atoms with Crippen LogP contribution in [0.15, 0.2) is 12.1 Å². The van der Waals surface area contributed by atoms with Gasteiger partial charge in [-0.15, -0.1) is 0 Å². The zero-order chi connectivity index (χ0) is 16.3. The SMILES string of the molecule is CCCN1C(=O)CC(N)C1c1cc(OC)c(OC)c(OC)c1. The monoisotopic (exact) mass is 308 g/mol. The predicted octanol–water partition coefficient (Wildman–Crippen LogP) is 1.72. The van der Waals surface area contributed by atoms with E-state index in [1.807, 2.05) is 24.0 Å². The molecule has 0 saturated carbocycles. The van der Waals surface area contributed by atoms with Crippen molar-refractivity contribution in [3.8, 4) is 17.2 Å². The number of ether oxygens (including phenoxy) is 3. The van der Waals surface area contributed by atoms with E-state index in [4.69, 9.17) is 19.9 Å². The highest BCUT2D eigenvalue weighted by Crippen LogP contribution is 2.42. The van der Waals surface area contributed by atoms with E-state index in [1.54, 1.807) is 21.3 Å². The number of likely N-dealkylation sites (tertiary alicyclic amines) is 1. The second-order valence-electron chi connectivity index (χ2n) is 5.36. The molecule has 0 aliphatic carbocycles. The molecule has 1 aromatic rings. The number of amides is 1. The maximum atomic E-state index is 12.1. The second-order valence-corrected chi connectivity index (χ2v) is 5.36. The molecule has 2 rings (SSSR count). The van der Waals surface area contributed by atoms with Gasteiger partial charge < -0.3 is 24.8 Å². The Morgan fingerprint density at radius 1 is 1.18 bits per heavy atom. The van der Waals surface area contributed by atoms with Crippen LogP contribution in [-0.2, 0) is 4.79 Å². The highest BCUT2D eigenvalue weighted by Gasteiger charge is 2.38. The maximum Gasteiger partial charge on any atom is 0.224 e. The Kier molecular flexibility index (Phi) is 5.13. The quantitative estimate of drug-likeness (QED) is 0.866. The summed E-state index contributed by atoms with van der Waals surface area (Å²) >= 11 is 0. The Morgan fingerprint density at radius 3 is 2.23 bits per heavy atom. The maximum absolute atomic E-state index is 12.1. The Balaban J connectivity index is 2.48. The number of carbonyl (C=O) groups excluding carboxylic acids is 1. The first-order valence-electron chi connectivity index (χ1n) is 7.42. The Bertz CT molecular complexity index is 522. The summed E-state index contributed by atoms with van der Waals surface area (Å²) in [5, 5.41) is 0. The minimum atomic E-state index is -0.234. The molecule has 6 nitrogen and oxygen atoms in total. The van der Waals surface area contributed by atoms with Gasteiger partial charge >= 0.3 is 0 Å². The van der Waals surface area contributed by atoms with Crippen LogP contribution in [0, 0.1) is 0 Å². The average molecular weight is 308 g/mol. The third kappa shape index (κ3) is 2.83. The van der Waals surface area contributed by atoms with Crippen molar-refractivity contribution in [1.82, 2.24) is 4.90 Å². The number of hydrogen-bond acceptors (Lipinski definition) is 5. The van der Waals surface area contributed by atoms with Gasteiger partial charge in [-0.1, -0.05) is 6.92 Å². The number of nitrogens with two attached hydrogens (primary N) is 1. The summed E-state index contributed by atoms with van der Waals surface area (Å²) in [5.74, 6) is 1.77. The summed E-state index contributed by atoms with van der Waals surface area (Å²) in [5.41, 5.74) is 7.10. The Labute approximate surface area is 131 Å². The summed E-state index contributed by atoms with van der Waals surface area (Å²) in [6.07, 6.45) is 1.25. The molecule has 1 amide bonds. The van der Waals surface area contributed by atoms with Crippen molar-refractivity contribution in [3.63, 3.8) is 0 Å². The van der Waals surface area contributed by atoms with E-state index in [2.05, 4.69) is 0 Å². The van der Waals surface area contributed by atoms with Gasteiger partial charge in [-0.05, 0) is 24.1 Å². The van der Waals surface area contributed by atoms with E-state index in [-0.39, 0.29) is 18.0 Å². The second kappa shape index (κ2) is 6.87. The van der Waals surface area contributed by atoms with Gasteiger partial charge in [0.05, 0.1) is 27.4 Å². The van der Waals surface area contributed by atoms with Crippen LogP contribution in [0.5, 0.6) is 17.2 Å². The van der Waals surface area contributed by atoms with Crippen molar-refractivity contribution in [2.75, 3.05) is 27.9 Å². The zero-order valence-corrected chi connectivity index (χ0v) is 13.6. The molecule has 1 fully saturated rings. The lowest BCUT2D eigenvalue weighted by molar-refractivity contribution is -0.129. The summed E-state index contributed by atoms with van der Waals surface area (Å²) in [6.45, 7) is 2.73. The molecule has 0 bridgehead atoms. The van der Waals surface area contributed by atoms with Gasteiger partial charge in [0, 0.05) is 19.0 Å². The van der Waals surface area contributed by atoms with Gasteiger partial charge in [0.1, 0.15) is 0 Å². The first-order chi connectivity index (χ1) is 10.6. The zero-order valence-electron chi connectivity index (χ0n) is 13.6. The fourth-order valence-electron chi connectivity index (χ4n) is 3.02. The molecule has 22 heavy (non-hydrogen) atoms. The van der Waals surface area contributed by atoms with E-state index >= 15 is 0 Å². The van der Waals surface area contributed by atoms with E-state index in [9.17, 15) is 4.79 Å². The highest BCUT2D eigenvalue weighted by molar-refractivity contribution is 5.80. The van der Waals surface area contributed by atoms with Gasteiger partial charge in [0.25, 0.3) is 0 Å². The largest absolute Gasteiger partial charge is 0.493 e. The van der Waals surface area contributed by atoms with Crippen LogP contribution in [0.1, 0.15) is 31.4 Å². The average Bonchev–Trinajstić information content (AvgIpc) is 2.80. The van der Waals surface area contributed by atoms with Gasteiger partial charge in [0.15, 0.2) is 11.5 Å². The van der Waals surface area contributed by atoms with Crippen LogP contribution in [0.3, 0.4) is 0 Å². The molecular formula is C16H24N2O4. The molecule has 1 aromatic carbocycles. The van der Waals surface area contributed by atoms with Gasteiger partial charge in [-0.25, -0.2) is 0 Å². The van der Waals surface area contributed by atoms with E-state index < -0.39 is 0 Å². The number of nitrogens with zero attached hydrogens (tertiary/aromatic N) is 1. The normalized spacial score (nSPS) is 21.1. The fraction of sp³-hybridized carbons (Fsp3) is 0.562. The Hall–Kier alpha value is -1.95. The van der Waals surface area contributed by atoms with Gasteiger partial charge in [-0.3, -0.25) is 4.79 Å². The van der Waals surface area contributed by atoms with Crippen molar-refractivity contribution in [2.24, 2.45) is 5.73 Å². The van der Waals surface area contributed by atoms with Crippen molar-refractivity contribution < 1.29 is 19.0 Å². The molecule has 2 atom stereocenters. The van der Waals surface area contributed by atoms with Crippen LogP contribution in [0.25, 0.3) is 0 Å². The molecule has 122 valence electrons. The van der Waals surface area contributed by atoms with Gasteiger partial charge in [0.2, 0.25) is 11.7 Å². The molecular weight excluding hydrogens is 284 g/mol. The summed E-state index contributed by atoms with van der Waals surface area (Å²) in [6, 6.07) is 3.34. The minimum Gasteiger partial charge on any atom is -0.493 e.